The molecule has 0 unspecified atom stereocenters. The Balaban J connectivity index is 2.05. The Labute approximate surface area is 172 Å². The van der Waals surface area contributed by atoms with Crippen LogP contribution >= 0.6 is 23.4 Å². The van der Waals surface area contributed by atoms with Crippen molar-refractivity contribution in [2.75, 3.05) is 7.11 Å². The minimum atomic E-state index is -1.18. The van der Waals surface area contributed by atoms with Gasteiger partial charge in [0.25, 0.3) is 0 Å². The zero-order valence-electron chi connectivity index (χ0n) is 15.0. The van der Waals surface area contributed by atoms with E-state index >= 15 is 0 Å². The molecule has 1 aliphatic heterocycles. The Hall–Kier alpha value is -2.75. The van der Waals surface area contributed by atoms with Gasteiger partial charge >= 0.3 is 5.97 Å². The molecule has 0 saturated heterocycles. The van der Waals surface area contributed by atoms with Gasteiger partial charge in [0.05, 0.1) is 23.8 Å². The number of halogens is 1. The smallest absolute Gasteiger partial charge is 0.319 e. The van der Waals surface area contributed by atoms with E-state index in [4.69, 9.17) is 16.3 Å². The molecule has 0 saturated carbocycles. The second-order valence-corrected chi connectivity index (χ2v) is 7.51. The number of nitrogens with zero attached hydrogens (tertiary/aromatic N) is 1. The molecule has 142 valence electrons. The van der Waals surface area contributed by atoms with Gasteiger partial charge in [0, 0.05) is 16.7 Å². The van der Waals surface area contributed by atoms with E-state index in [2.05, 4.69) is 11.4 Å². The quantitative estimate of drug-likeness (QED) is 0.592. The van der Waals surface area contributed by atoms with Gasteiger partial charge < -0.3 is 10.1 Å². The van der Waals surface area contributed by atoms with E-state index in [0.717, 1.165) is 5.56 Å². The van der Waals surface area contributed by atoms with Gasteiger partial charge in [-0.25, -0.2) is 0 Å². The monoisotopic (exact) mass is 412 g/mol. The van der Waals surface area contributed by atoms with Crippen LogP contribution in [0.15, 0.2) is 65.2 Å². The average Bonchev–Trinajstić information content (AvgIpc) is 2.72. The zero-order chi connectivity index (χ0) is 20.1. The number of allylic oxidation sites excluding steroid dienone is 1. The first-order valence-electron chi connectivity index (χ1n) is 8.51. The van der Waals surface area contributed by atoms with Crippen LogP contribution in [0.25, 0.3) is 0 Å². The second-order valence-electron chi connectivity index (χ2n) is 6.12. The van der Waals surface area contributed by atoms with E-state index in [0.29, 0.717) is 26.9 Å². The lowest BCUT2D eigenvalue weighted by atomic mass is 9.78. The molecule has 0 aliphatic carbocycles. The summed E-state index contributed by atoms with van der Waals surface area (Å²) in [6.45, 7) is 0. The summed E-state index contributed by atoms with van der Waals surface area (Å²) in [6.07, 6.45) is 0. The number of hydrogen-bond acceptors (Lipinski definition) is 5. The lowest BCUT2D eigenvalue weighted by molar-refractivity contribution is -0.150. The van der Waals surface area contributed by atoms with Crippen molar-refractivity contribution in [2.24, 2.45) is 5.92 Å². The van der Waals surface area contributed by atoms with Crippen molar-refractivity contribution in [3.63, 3.8) is 0 Å². The molecule has 1 aliphatic rings. The summed E-state index contributed by atoms with van der Waals surface area (Å²) in [5.41, 5.74) is 1.89. The fourth-order valence-electron chi connectivity index (χ4n) is 3.11. The number of carbonyl (C=O) groups is 2. The van der Waals surface area contributed by atoms with Crippen LogP contribution in [0.1, 0.15) is 17.0 Å². The minimum absolute atomic E-state index is 0.295. The molecular weight excluding hydrogens is 396 g/mol. The van der Waals surface area contributed by atoms with Gasteiger partial charge in [-0.3, -0.25) is 9.59 Å². The molecule has 0 aromatic heterocycles. The third kappa shape index (κ3) is 4.06. The zero-order valence-corrected chi connectivity index (χ0v) is 16.6. The maximum Gasteiger partial charge on any atom is 0.319 e. The number of carbonyl (C=O) groups excluding carboxylic acids is 2. The molecule has 3 rings (SSSR count). The number of rotatable bonds is 5. The van der Waals surface area contributed by atoms with Crippen molar-refractivity contribution in [3.05, 3.63) is 81.3 Å². The number of esters is 1. The number of thioether (sulfide) groups is 1. The number of benzene rings is 2. The Morgan fingerprint density at radius 2 is 1.89 bits per heavy atom. The highest BCUT2D eigenvalue weighted by molar-refractivity contribution is 8.02. The third-order valence-electron chi connectivity index (χ3n) is 4.45. The van der Waals surface area contributed by atoms with Crippen LogP contribution in [0.3, 0.4) is 0 Å². The molecule has 0 radical (unpaired) electrons. The minimum Gasteiger partial charge on any atom is -0.468 e. The van der Waals surface area contributed by atoms with Crippen molar-refractivity contribution in [1.29, 1.82) is 5.26 Å². The number of hydrogen-bond donors (Lipinski definition) is 1. The maximum atomic E-state index is 12.8. The largest absolute Gasteiger partial charge is 0.468 e. The van der Waals surface area contributed by atoms with Crippen LogP contribution in [-0.2, 0) is 20.1 Å². The fourth-order valence-corrected chi connectivity index (χ4v) is 4.37. The highest BCUT2D eigenvalue weighted by Gasteiger charge is 2.44. The number of methoxy groups -OCH3 is 1. The highest BCUT2D eigenvalue weighted by atomic mass is 35.5. The predicted molar refractivity (Wildman–Crippen MR) is 108 cm³/mol. The van der Waals surface area contributed by atoms with Crippen LogP contribution in [0.2, 0.25) is 5.02 Å². The van der Waals surface area contributed by atoms with Gasteiger partial charge in [0.1, 0.15) is 5.92 Å². The van der Waals surface area contributed by atoms with E-state index in [-0.39, 0.29) is 0 Å². The molecule has 28 heavy (non-hydrogen) atoms. The van der Waals surface area contributed by atoms with Crippen molar-refractivity contribution < 1.29 is 14.3 Å². The molecule has 2 atom stereocenters. The Morgan fingerprint density at radius 3 is 2.54 bits per heavy atom. The van der Waals surface area contributed by atoms with Gasteiger partial charge in [-0.05, 0) is 17.2 Å². The molecule has 0 bridgehead atoms. The van der Waals surface area contributed by atoms with Crippen LogP contribution in [0, 0.1) is 17.2 Å². The van der Waals surface area contributed by atoms with Gasteiger partial charge in [-0.1, -0.05) is 60.1 Å². The number of nitriles is 1. The first-order valence-corrected chi connectivity index (χ1v) is 9.87. The molecule has 7 heteroatoms. The van der Waals surface area contributed by atoms with Gasteiger partial charge in [-0.2, -0.15) is 5.26 Å². The molecule has 2 aromatic rings. The first kappa shape index (κ1) is 20.0. The molecule has 2 aromatic carbocycles. The lowest BCUT2D eigenvalue weighted by Gasteiger charge is -2.31. The normalized spacial score (nSPS) is 19.0. The van der Waals surface area contributed by atoms with Crippen molar-refractivity contribution in [1.82, 2.24) is 5.32 Å². The van der Waals surface area contributed by atoms with Crippen molar-refractivity contribution >= 4 is 35.2 Å². The summed E-state index contributed by atoms with van der Waals surface area (Å²) in [5, 5.41) is 13.4. The number of nitrogens with one attached hydrogen (secondary N) is 1. The topological polar surface area (TPSA) is 79.2 Å². The lowest BCUT2D eigenvalue weighted by Crippen LogP contribution is -2.44. The van der Waals surface area contributed by atoms with E-state index in [1.165, 1.54) is 18.9 Å². The van der Waals surface area contributed by atoms with E-state index in [1.54, 1.807) is 24.3 Å². The van der Waals surface area contributed by atoms with Crippen LogP contribution in [0.5, 0.6) is 0 Å². The summed E-state index contributed by atoms with van der Waals surface area (Å²) < 4.78 is 4.83. The van der Waals surface area contributed by atoms with Gasteiger partial charge in [-0.15, -0.1) is 11.8 Å². The molecule has 5 nitrogen and oxygen atoms in total. The Bertz CT molecular complexity index is 969. The molecule has 1 N–H and O–H groups in total. The summed E-state index contributed by atoms with van der Waals surface area (Å²) >= 11 is 7.68. The van der Waals surface area contributed by atoms with Crippen molar-refractivity contribution in [2.45, 2.75) is 11.7 Å². The van der Waals surface area contributed by atoms with Crippen molar-refractivity contribution in [3.8, 4) is 6.07 Å². The number of ether oxygens (including phenoxy) is 1. The fraction of sp³-hybridized carbons (Fsp3) is 0.190. The van der Waals surface area contributed by atoms with E-state index in [1.807, 2.05) is 30.3 Å². The van der Waals surface area contributed by atoms with E-state index < -0.39 is 23.7 Å². The molecule has 1 amide bonds. The first-order chi connectivity index (χ1) is 13.6. The summed E-state index contributed by atoms with van der Waals surface area (Å²) in [4.78, 5) is 25.1. The highest BCUT2D eigenvalue weighted by Crippen LogP contribution is 2.42. The van der Waals surface area contributed by atoms with Crippen LogP contribution < -0.4 is 5.32 Å². The molecule has 0 spiro atoms. The van der Waals surface area contributed by atoms with Crippen LogP contribution in [0.4, 0.5) is 0 Å². The third-order valence-corrected chi connectivity index (χ3v) is 5.88. The second kappa shape index (κ2) is 8.96. The SMILES string of the molecule is COC(=O)[C@H]1C(=O)NC(SCc2ccccc2)=C(C#N)[C@@H]1c1ccccc1Cl. The summed E-state index contributed by atoms with van der Waals surface area (Å²) in [7, 11) is 1.22. The molecular formula is C21H17ClN2O3S. The molecule has 0 fully saturated rings. The summed E-state index contributed by atoms with van der Waals surface area (Å²) in [5.74, 6) is -2.63. The van der Waals surface area contributed by atoms with Gasteiger partial charge in [0.15, 0.2) is 0 Å². The maximum absolute atomic E-state index is 12.8. The Kier molecular flexibility index (Phi) is 6.40. The van der Waals surface area contributed by atoms with Crippen LogP contribution in [-0.4, -0.2) is 19.0 Å². The van der Waals surface area contributed by atoms with Gasteiger partial charge in [0.2, 0.25) is 5.91 Å². The number of amides is 1. The summed E-state index contributed by atoms with van der Waals surface area (Å²) in [6, 6.07) is 18.8. The van der Waals surface area contributed by atoms with E-state index in [9.17, 15) is 14.9 Å². The Morgan fingerprint density at radius 1 is 1.21 bits per heavy atom. The average molecular weight is 413 g/mol. The molecule has 1 heterocycles. The predicted octanol–water partition coefficient (Wildman–Crippen LogP) is 4.01. The standard InChI is InChI=1S/C21H17ClN2O3S/c1-27-21(26)18-17(14-9-5-6-10-16(14)22)15(11-23)20(24-19(18)25)28-12-13-7-3-2-4-8-13/h2-10,17-18H,12H2,1H3,(H,24,25)/t17-,18+/m0/s1.